The van der Waals surface area contributed by atoms with Gasteiger partial charge in [-0.15, -0.1) is 10.2 Å². The highest BCUT2D eigenvalue weighted by Crippen LogP contribution is 2.24. The van der Waals surface area contributed by atoms with E-state index in [1.807, 2.05) is 0 Å². The van der Waals surface area contributed by atoms with E-state index in [0.29, 0.717) is 16.9 Å². The Balaban J connectivity index is 2.40. The first-order valence-corrected chi connectivity index (χ1v) is 7.01. The molecule has 20 heavy (non-hydrogen) atoms. The summed E-state index contributed by atoms with van der Waals surface area (Å²) in [6.07, 6.45) is 0.856. The van der Waals surface area contributed by atoms with Crippen LogP contribution < -0.4 is 5.73 Å². The number of rotatable bonds is 4. The van der Waals surface area contributed by atoms with E-state index < -0.39 is 5.97 Å². The third-order valence-corrected chi connectivity index (χ3v) is 3.62. The van der Waals surface area contributed by atoms with E-state index in [0.717, 1.165) is 11.4 Å². The number of hydrogen-bond acceptors (Lipinski definition) is 7. The van der Waals surface area contributed by atoms with Gasteiger partial charge < -0.3 is 10.5 Å². The average Bonchev–Trinajstić information content (AvgIpc) is 2.92. The molecule has 0 spiro atoms. The van der Waals surface area contributed by atoms with E-state index in [2.05, 4.69) is 33.8 Å². The minimum atomic E-state index is -0.559. The lowest BCUT2D eigenvalue weighted by Gasteiger charge is -2.02. The number of nitrogen functional groups attached to an aromatic ring is 1. The van der Waals surface area contributed by atoms with Gasteiger partial charge in [0.2, 0.25) is 5.13 Å². The molecule has 7 nitrogen and oxygen atoms in total. The van der Waals surface area contributed by atoms with Crippen LogP contribution in [0.5, 0.6) is 0 Å². The maximum Gasteiger partial charge on any atom is 0.360 e. The molecule has 0 atom stereocenters. The Labute approximate surface area is 120 Å². The highest BCUT2D eigenvalue weighted by atomic mass is 32.1. The van der Waals surface area contributed by atoms with E-state index in [9.17, 15) is 4.79 Å². The summed E-state index contributed by atoms with van der Waals surface area (Å²) < 4.78 is 6.27. The molecule has 2 aromatic rings. The Kier molecular flexibility index (Phi) is 4.03. The van der Waals surface area contributed by atoms with Crippen LogP contribution in [0.2, 0.25) is 0 Å². The zero-order valence-electron chi connectivity index (χ0n) is 11.9. The second-order valence-electron chi connectivity index (χ2n) is 4.80. The molecule has 0 unspecified atom stereocenters. The topological polar surface area (TPSA) is 95.9 Å². The molecule has 2 N–H and O–H groups in total. The molecule has 0 aliphatic heterocycles. The number of carbonyl (C=O) groups is 1. The normalized spacial score (nSPS) is 11.1. The summed E-state index contributed by atoms with van der Waals surface area (Å²) >= 11 is 1.44. The zero-order chi connectivity index (χ0) is 14.9. The maximum atomic E-state index is 11.6. The average molecular weight is 295 g/mol. The van der Waals surface area contributed by atoms with Gasteiger partial charge in [-0.2, -0.15) is 0 Å². The van der Waals surface area contributed by atoms with Crippen molar-refractivity contribution in [3.05, 3.63) is 16.5 Å². The number of aromatic nitrogens is 4. The quantitative estimate of drug-likeness (QED) is 0.861. The molecule has 8 heteroatoms. The van der Waals surface area contributed by atoms with Crippen LogP contribution in [0.4, 0.5) is 5.82 Å². The number of aryl methyl sites for hydroxylation is 1. The van der Waals surface area contributed by atoms with E-state index in [-0.39, 0.29) is 11.5 Å². The largest absolute Gasteiger partial charge is 0.464 e. The Bertz CT molecular complexity index is 632. The Hall–Kier alpha value is -1.96. The van der Waals surface area contributed by atoms with Gasteiger partial charge >= 0.3 is 5.97 Å². The van der Waals surface area contributed by atoms with Crippen molar-refractivity contribution >= 4 is 23.1 Å². The fraction of sp³-hybridized carbons (Fsp3) is 0.500. The molecule has 0 bridgehead atoms. The molecule has 0 amide bonds. The van der Waals surface area contributed by atoms with Crippen molar-refractivity contribution in [2.45, 2.75) is 27.2 Å². The predicted octanol–water partition coefficient (Wildman–Crippen LogP) is 1.60. The van der Waals surface area contributed by atoms with Crippen molar-refractivity contribution < 1.29 is 9.53 Å². The first-order chi connectivity index (χ1) is 9.43. The summed E-state index contributed by atoms with van der Waals surface area (Å²) in [6.45, 7) is 5.99. The molecular formula is C12H17N5O2S. The van der Waals surface area contributed by atoms with Gasteiger partial charge in [-0.05, 0) is 12.8 Å². The lowest BCUT2D eigenvalue weighted by atomic mass is 10.1. The number of anilines is 1. The van der Waals surface area contributed by atoms with Gasteiger partial charge in [-0.3, -0.25) is 4.57 Å². The van der Waals surface area contributed by atoms with Crippen LogP contribution in [-0.4, -0.2) is 32.8 Å². The van der Waals surface area contributed by atoms with Crippen molar-refractivity contribution in [2.75, 3.05) is 12.8 Å². The molecular weight excluding hydrogens is 278 g/mol. The van der Waals surface area contributed by atoms with Crippen LogP contribution >= 0.6 is 11.3 Å². The zero-order valence-corrected chi connectivity index (χ0v) is 12.7. The van der Waals surface area contributed by atoms with Gasteiger partial charge in [0.25, 0.3) is 0 Å². The van der Waals surface area contributed by atoms with Crippen LogP contribution in [0.15, 0.2) is 0 Å². The van der Waals surface area contributed by atoms with Gasteiger partial charge in [0, 0.05) is 6.42 Å². The summed E-state index contributed by atoms with van der Waals surface area (Å²) in [4.78, 5) is 15.7. The first kappa shape index (κ1) is 14.4. The lowest BCUT2D eigenvalue weighted by Crippen LogP contribution is -2.07. The van der Waals surface area contributed by atoms with Crippen LogP contribution in [0.3, 0.4) is 0 Å². The van der Waals surface area contributed by atoms with Crippen molar-refractivity contribution in [2.24, 2.45) is 5.92 Å². The summed E-state index contributed by atoms with van der Waals surface area (Å²) in [5, 5.41) is 9.80. The molecule has 2 aromatic heterocycles. The second kappa shape index (κ2) is 5.58. The number of methoxy groups -OCH3 is 1. The number of ether oxygens (including phenoxy) is 1. The Morgan fingerprint density at radius 1 is 1.45 bits per heavy atom. The molecule has 108 valence electrons. The van der Waals surface area contributed by atoms with Gasteiger partial charge in [-0.1, -0.05) is 25.2 Å². The molecule has 0 fully saturated rings. The van der Waals surface area contributed by atoms with Gasteiger partial charge in [0.1, 0.15) is 16.6 Å². The molecule has 2 rings (SSSR count). The summed E-state index contributed by atoms with van der Waals surface area (Å²) in [5.74, 6) is 0.746. The van der Waals surface area contributed by atoms with Gasteiger partial charge in [0.15, 0.2) is 5.69 Å². The number of carbonyl (C=O) groups excluding carboxylic acids is 1. The molecule has 0 aliphatic rings. The van der Waals surface area contributed by atoms with Gasteiger partial charge in [-0.25, -0.2) is 9.78 Å². The summed E-state index contributed by atoms with van der Waals surface area (Å²) in [6, 6.07) is 0. The number of esters is 1. The van der Waals surface area contributed by atoms with Crippen LogP contribution in [0.25, 0.3) is 5.13 Å². The highest BCUT2D eigenvalue weighted by molar-refractivity contribution is 7.13. The number of nitrogens with two attached hydrogens (primary N) is 1. The van der Waals surface area contributed by atoms with Crippen LogP contribution in [0, 0.1) is 12.8 Å². The third-order valence-electron chi connectivity index (χ3n) is 2.69. The number of nitrogens with zero attached hydrogens (tertiary/aromatic N) is 4. The van der Waals surface area contributed by atoms with Crippen molar-refractivity contribution in [3.63, 3.8) is 0 Å². The molecule has 0 aliphatic carbocycles. The highest BCUT2D eigenvalue weighted by Gasteiger charge is 2.22. The van der Waals surface area contributed by atoms with E-state index in [1.54, 1.807) is 11.5 Å². The first-order valence-electron chi connectivity index (χ1n) is 6.20. The van der Waals surface area contributed by atoms with Crippen molar-refractivity contribution in [1.29, 1.82) is 0 Å². The number of imidazole rings is 1. The monoisotopic (exact) mass is 295 g/mol. The van der Waals surface area contributed by atoms with Crippen LogP contribution in [0.1, 0.15) is 35.2 Å². The minimum Gasteiger partial charge on any atom is -0.464 e. The summed E-state index contributed by atoms with van der Waals surface area (Å²) in [7, 11) is 1.29. The predicted molar refractivity (Wildman–Crippen MR) is 76.1 cm³/mol. The molecule has 0 radical (unpaired) electrons. The van der Waals surface area contributed by atoms with E-state index in [1.165, 1.54) is 18.4 Å². The van der Waals surface area contributed by atoms with E-state index in [4.69, 9.17) is 5.73 Å². The minimum absolute atomic E-state index is 0.102. The smallest absolute Gasteiger partial charge is 0.360 e. The molecule has 0 aromatic carbocycles. The maximum absolute atomic E-state index is 11.6. The lowest BCUT2D eigenvalue weighted by molar-refractivity contribution is 0.0596. The van der Waals surface area contributed by atoms with Crippen LogP contribution in [-0.2, 0) is 11.2 Å². The van der Waals surface area contributed by atoms with Crippen molar-refractivity contribution in [1.82, 2.24) is 19.7 Å². The SMILES string of the molecule is COC(=O)c1nc(C)n(-c2nnc(CC(C)C)s2)c1N. The second-order valence-corrected chi connectivity index (χ2v) is 5.84. The molecule has 0 saturated carbocycles. The van der Waals surface area contributed by atoms with E-state index >= 15 is 0 Å². The standard InChI is InChI=1S/C12H17N5O2S/c1-6(2)5-8-15-16-12(20-8)17-7(3)14-9(10(17)13)11(18)19-4/h6H,5,13H2,1-4H3. The summed E-state index contributed by atoms with van der Waals surface area (Å²) in [5.41, 5.74) is 6.06. The Morgan fingerprint density at radius 2 is 2.15 bits per heavy atom. The fourth-order valence-electron chi connectivity index (χ4n) is 1.80. The number of hydrogen-bond donors (Lipinski definition) is 1. The Morgan fingerprint density at radius 3 is 2.75 bits per heavy atom. The molecule has 0 saturated heterocycles. The molecule has 2 heterocycles. The fourth-order valence-corrected chi connectivity index (χ4v) is 2.92. The third kappa shape index (κ3) is 2.64. The van der Waals surface area contributed by atoms with Crippen molar-refractivity contribution in [3.8, 4) is 5.13 Å². The van der Waals surface area contributed by atoms with Gasteiger partial charge in [0.05, 0.1) is 7.11 Å².